The molecule has 1 aromatic rings. The van der Waals surface area contributed by atoms with Crippen molar-refractivity contribution in [3.05, 3.63) is 30.1 Å². The third kappa shape index (κ3) is 4.70. The van der Waals surface area contributed by atoms with Gasteiger partial charge in [-0.2, -0.15) is 0 Å². The fourth-order valence-electron chi connectivity index (χ4n) is 2.02. The second-order valence-electron chi connectivity index (χ2n) is 4.52. The van der Waals surface area contributed by atoms with E-state index < -0.39 is 0 Å². The molecule has 2 rings (SSSR count). The lowest BCUT2D eigenvalue weighted by Crippen LogP contribution is -2.43. The van der Waals surface area contributed by atoms with Gasteiger partial charge in [0, 0.05) is 38.9 Å². The number of hydrogen-bond acceptors (Lipinski definition) is 5. The molecule has 1 aromatic heterocycles. The molecule has 0 aromatic carbocycles. The van der Waals surface area contributed by atoms with Crippen molar-refractivity contribution in [1.29, 1.82) is 0 Å². The van der Waals surface area contributed by atoms with Crippen molar-refractivity contribution in [1.82, 2.24) is 15.2 Å². The summed E-state index contributed by atoms with van der Waals surface area (Å²) < 4.78 is 5.27. The molecule has 0 saturated carbocycles. The first-order valence-electron chi connectivity index (χ1n) is 6.43. The van der Waals surface area contributed by atoms with Gasteiger partial charge in [-0.1, -0.05) is 6.07 Å². The van der Waals surface area contributed by atoms with Gasteiger partial charge < -0.3 is 15.2 Å². The molecule has 1 aliphatic heterocycles. The van der Waals surface area contributed by atoms with Crippen molar-refractivity contribution in [3.8, 4) is 0 Å². The Morgan fingerprint density at radius 3 is 2.94 bits per heavy atom. The van der Waals surface area contributed by atoms with Gasteiger partial charge in [0.1, 0.15) is 0 Å². The van der Waals surface area contributed by atoms with Gasteiger partial charge in [0.05, 0.1) is 25.0 Å². The number of hydrogen-bond donors (Lipinski definition) is 2. The summed E-state index contributed by atoms with van der Waals surface area (Å²) in [5.74, 6) is 0. The first-order chi connectivity index (χ1) is 8.84. The van der Waals surface area contributed by atoms with Crippen LogP contribution in [-0.4, -0.2) is 60.5 Å². The van der Waals surface area contributed by atoms with Crippen molar-refractivity contribution in [2.24, 2.45) is 0 Å². The van der Waals surface area contributed by atoms with Crippen molar-refractivity contribution in [2.45, 2.75) is 12.6 Å². The highest BCUT2D eigenvalue weighted by Crippen LogP contribution is 1.98. The summed E-state index contributed by atoms with van der Waals surface area (Å²) in [4.78, 5) is 6.45. The Morgan fingerprint density at radius 2 is 2.22 bits per heavy atom. The van der Waals surface area contributed by atoms with Crippen molar-refractivity contribution in [3.63, 3.8) is 0 Å². The number of rotatable bonds is 6. The molecule has 0 spiro atoms. The molecule has 0 aliphatic carbocycles. The van der Waals surface area contributed by atoms with Crippen LogP contribution in [0, 0.1) is 0 Å². The van der Waals surface area contributed by atoms with Gasteiger partial charge in [0.2, 0.25) is 0 Å². The molecule has 0 amide bonds. The summed E-state index contributed by atoms with van der Waals surface area (Å²) in [6.45, 7) is 5.37. The van der Waals surface area contributed by atoms with E-state index in [0.29, 0.717) is 19.6 Å². The molecule has 5 heteroatoms. The largest absolute Gasteiger partial charge is 0.390 e. The third-order valence-corrected chi connectivity index (χ3v) is 2.98. The molecule has 2 N–H and O–H groups in total. The Morgan fingerprint density at radius 1 is 1.39 bits per heavy atom. The van der Waals surface area contributed by atoms with E-state index in [4.69, 9.17) is 4.74 Å². The summed E-state index contributed by atoms with van der Waals surface area (Å²) in [7, 11) is 0. The van der Waals surface area contributed by atoms with E-state index in [9.17, 15) is 5.11 Å². The molecule has 1 aliphatic rings. The molecule has 1 saturated heterocycles. The fraction of sp³-hybridized carbons (Fsp3) is 0.615. The molecule has 100 valence electrons. The van der Waals surface area contributed by atoms with Crippen LogP contribution >= 0.6 is 0 Å². The smallest absolute Gasteiger partial charge is 0.0791 e. The van der Waals surface area contributed by atoms with E-state index in [-0.39, 0.29) is 6.10 Å². The highest BCUT2D eigenvalue weighted by Gasteiger charge is 2.14. The van der Waals surface area contributed by atoms with Crippen molar-refractivity contribution in [2.75, 3.05) is 39.4 Å². The highest BCUT2D eigenvalue weighted by molar-refractivity contribution is 5.02. The Kier molecular flexibility index (Phi) is 5.54. The quantitative estimate of drug-likeness (QED) is 0.737. The van der Waals surface area contributed by atoms with Crippen LogP contribution in [0.25, 0.3) is 0 Å². The molecule has 18 heavy (non-hydrogen) atoms. The van der Waals surface area contributed by atoms with E-state index in [1.165, 1.54) is 0 Å². The van der Waals surface area contributed by atoms with E-state index in [1.54, 1.807) is 6.20 Å². The highest BCUT2D eigenvalue weighted by atomic mass is 16.5. The molecule has 2 heterocycles. The normalized spacial score (nSPS) is 18.7. The monoisotopic (exact) mass is 251 g/mol. The van der Waals surface area contributed by atoms with Crippen LogP contribution in [0.4, 0.5) is 0 Å². The number of aliphatic hydroxyl groups excluding tert-OH is 1. The first-order valence-corrected chi connectivity index (χ1v) is 6.43. The van der Waals surface area contributed by atoms with E-state index in [2.05, 4.69) is 15.2 Å². The van der Waals surface area contributed by atoms with Crippen molar-refractivity contribution >= 4 is 0 Å². The maximum Gasteiger partial charge on any atom is 0.0791 e. The van der Waals surface area contributed by atoms with Gasteiger partial charge in [-0.3, -0.25) is 9.88 Å². The zero-order chi connectivity index (χ0) is 12.6. The second-order valence-corrected chi connectivity index (χ2v) is 4.52. The lowest BCUT2D eigenvalue weighted by atomic mass is 10.3. The molecular formula is C13H21N3O2. The van der Waals surface area contributed by atoms with Gasteiger partial charge in [0.15, 0.2) is 0 Å². The van der Waals surface area contributed by atoms with Crippen LogP contribution in [0.3, 0.4) is 0 Å². The second kappa shape index (κ2) is 7.43. The summed E-state index contributed by atoms with van der Waals surface area (Å²) in [6.07, 6.45) is 1.44. The average Bonchev–Trinajstić information content (AvgIpc) is 2.41. The first kappa shape index (κ1) is 13.4. The number of β-amino-alcohol motifs (C(OH)–C–C–N with tert-alkyl or cyclic N) is 1. The van der Waals surface area contributed by atoms with Crippen LogP contribution < -0.4 is 5.32 Å². The van der Waals surface area contributed by atoms with E-state index >= 15 is 0 Å². The summed E-state index contributed by atoms with van der Waals surface area (Å²) >= 11 is 0. The predicted molar refractivity (Wildman–Crippen MR) is 69.2 cm³/mol. The number of ether oxygens (including phenoxy) is 1. The summed E-state index contributed by atoms with van der Waals surface area (Å²) in [5.41, 5.74) is 0.996. The number of morpholine rings is 1. The van der Waals surface area contributed by atoms with Crippen molar-refractivity contribution < 1.29 is 9.84 Å². The summed E-state index contributed by atoms with van der Waals surface area (Å²) in [5, 5.41) is 13.1. The molecule has 1 unspecified atom stereocenters. The molecule has 1 atom stereocenters. The minimum atomic E-state index is -0.341. The Labute approximate surface area is 108 Å². The Balaban J connectivity index is 1.61. The minimum Gasteiger partial charge on any atom is -0.390 e. The molecule has 1 fully saturated rings. The van der Waals surface area contributed by atoms with Gasteiger partial charge in [-0.25, -0.2) is 0 Å². The zero-order valence-electron chi connectivity index (χ0n) is 10.6. The Bertz CT molecular complexity index is 328. The van der Waals surface area contributed by atoms with Gasteiger partial charge in [0.25, 0.3) is 0 Å². The van der Waals surface area contributed by atoms with Gasteiger partial charge >= 0.3 is 0 Å². The van der Waals surface area contributed by atoms with Crippen LogP contribution in [0.2, 0.25) is 0 Å². The number of pyridine rings is 1. The molecule has 5 nitrogen and oxygen atoms in total. The predicted octanol–water partition coefficient (Wildman–Crippen LogP) is -0.136. The third-order valence-electron chi connectivity index (χ3n) is 2.98. The molecular weight excluding hydrogens is 230 g/mol. The average molecular weight is 251 g/mol. The van der Waals surface area contributed by atoms with Crippen LogP contribution in [0.5, 0.6) is 0 Å². The number of nitrogens with one attached hydrogen (secondary N) is 1. The lowest BCUT2D eigenvalue weighted by Gasteiger charge is -2.28. The maximum absolute atomic E-state index is 9.91. The fourth-order valence-corrected chi connectivity index (χ4v) is 2.02. The minimum absolute atomic E-state index is 0.341. The number of nitrogens with zero attached hydrogens (tertiary/aromatic N) is 2. The Hall–Kier alpha value is -1.01. The van der Waals surface area contributed by atoms with Crippen LogP contribution in [0.1, 0.15) is 5.69 Å². The lowest BCUT2D eigenvalue weighted by molar-refractivity contribution is 0.0149. The van der Waals surface area contributed by atoms with Crippen LogP contribution in [0.15, 0.2) is 24.4 Å². The van der Waals surface area contributed by atoms with Gasteiger partial charge in [-0.05, 0) is 12.1 Å². The van der Waals surface area contributed by atoms with E-state index in [0.717, 1.165) is 32.0 Å². The topological polar surface area (TPSA) is 57.6 Å². The SMILES string of the molecule is OC(CNCc1ccccn1)CN1CCOCC1. The number of aromatic nitrogens is 1. The maximum atomic E-state index is 9.91. The molecule has 0 radical (unpaired) electrons. The zero-order valence-corrected chi connectivity index (χ0v) is 10.6. The number of aliphatic hydroxyl groups is 1. The summed E-state index contributed by atoms with van der Waals surface area (Å²) in [6, 6.07) is 5.84. The van der Waals surface area contributed by atoms with Gasteiger partial charge in [-0.15, -0.1) is 0 Å². The standard InChI is InChI=1S/C13H21N3O2/c17-13(11-16-5-7-18-8-6-16)10-14-9-12-3-1-2-4-15-12/h1-4,13-14,17H,5-11H2. The van der Waals surface area contributed by atoms with Crippen LogP contribution in [-0.2, 0) is 11.3 Å². The molecule has 0 bridgehead atoms. The van der Waals surface area contributed by atoms with E-state index in [1.807, 2.05) is 18.2 Å².